The summed E-state index contributed by atoms with van der Waals surface area (Å²) >= 11 is 13.7. The highest BCUT2D eigenvalue weighted by Gasteiger charge is 2.20. The summed E-state index contributed by atoms with van der Waals surface area (Å²) in [7, 11) is 0. The molecule has 5 nitrogen and oxygen atoms in total. The fourth-order valence-corrected chi connectivity index (χ4v) is 4.10. The third-order valence-electron chi connectivity index (χ3n) is 4.21. The van der Waals surface area contributed by atoms with Crippen molar-refractivity contribution in [3.63, 3.8) is 0 Å². The van der Waals surface area contributed by atoms with Crippen molar-refractivity contribution in [1.82, 2.24) is 20.1 Å². The molecule has 0 spiro atoms. The molecule has 3 aromatic rings. The minimum absolute atomic E-state index is 0.201. The van der Waals surface area contributed by atoms with E-state index in [0.717, 1.165) is 15.7 Å². The molecule has 0 aliphatic rings. The van der Waals surface area contributed by atoms with Gasteiger partial charge in [-0.1, -0.05) is 59.2 Å². The van der Waals surface area contributed by atoms with Gasteiger partial charge in [-0.25, -0.2) is 0 Å². The van der Waals surface area contributed by atoms with Crippen LogP contribution < -0.4 is 5.32 Å². The van der Waals surface area contributed by atoms with Crippen molar-refractivity contribution in [2.24, 2.45) is 0 Å². The Morgan fingerprint density at radius 1 is 1.21 bits per heavy atom. The highest BCUT2D eigenvalue weighted by molar-refractivity contribution is 7.98. The van der Waals surface area contributed by atoms with Crippen molar-refractivity contribution in [3.05, 3.63) is 88.2 Å². The lowest BCUT2D eigenvalue weighted by Crippen LogP contribution is -2.28. The Labute approximate surface area is 184 Å². The van der Waals surface area contributed by atoms with Crippen LogP contribution in [0, 0.1) is 0 Å². The van der Waals surface area contributed by atoms with Crippen molar-refractivity contribution in [3.8, 4) is 0 Å². The number of amides is 1. The fourth-order valence-electron chi connectivity index (χ4n) is 2.73. The van der Waals surface area contributed by atoms with Gasteiger partial charge in [0.1, 0.15) is 0 Å². The van der Waals surface area contributed by atoms with E-state index in [1.54, 1.807) is 30.3 Å². The molecule has 1 amide bonds. The molecular weight excluding hydrogens is 427 g/mol. The molecule has 0 unspecified atom stereocenters. The van der Waals surface area contributed by atoms with Crippen molar-refractivity contribution in [2.45, 2.75) is 30.4 Å². The normalized spacial score (nSPS) is 11.8. The zero-order valence-corrected chi connectivity index (χ0v) is 18.1. The van der Waals surface area contributed by atoms with E-state index in [1.807, 2.05) is 35.8 Å². The number of hydrogen-bond donors (Lipinski definition) is 1. The smallest absolute Gasteiger partial charge is 0.251 e. The Morgan fingerprint density at radius 3 is 2.62 bits per heavy atom. The first kappa shape index (κ1) is 21.4. The lowest BCUT2D eigenvalue weighted by atomic mass is 10.2. The maximum Gasteiger partial charge on any atom is 0.251 e. The quantitative estimate of drug-likeness (QED) is 0.363. The highest BCUT2D eigenvalue weighted by Crippen LogP contribution is 2.27. The third-order valence-corrected chi connectivity index (χ3v) is 5.85. The number of hydrogen-bond acceptors (Lipinski definition) is 4. The second-order valence-corrected chi connectivity index (χ2v) is 8.11. The standard InChI is InChI=1S/C21H20Cl2N4OS/c1-3-12-27-19(14(2)24-20(28)15-8-10-17(22)11-9-15)25-26-21(27)29-13-16-6-4-5-7-18(16)23/h3-11,14H,1,12-13H2,2H3,(H,24,28)/t14-/m0/s1. The first-order valence-corrected chi connectivity index (χ1v) is 10.7. The third kappa shape index (κ3) is 5.41. The minimum atomic E-state index is -0.333. The fraction of sp³-hybridized carbons (Fsp3) is 0.190. The van der Waals surface area contributed by atoms with Gasteiger partial charge < -0.3 is 9.88 Å². The summed E-state index contributed by atoms with van der Waals surface area (Å²) in [6.07, 6.45) is 1.78. The van der Waals surface area contributed by atoms with E-state index >= 15 is 0 Å². The maximum absolute atomic E-state index is 12.5. The van der Waals surface area contributed by atoms with Crippen LogP contribution in [-0.4, -0.2) is 20.7 Å². The lowest BCUT2D eigenvalue weighted by Gasteiger charge is -2.15. The van der Waals surface area contributed by atoms with Crippen molar-refractivity contribution < 1.29 is 4.79 Å². The average Bonchev–Trinajstić information content (AvgIpc) is 3.11. The predicted molar refractivity (Wildman–Crippen MR) is 119 cm³/mol. The Kier molecular flexibility index (Phi) is 7.36. The van der Waals surface area contributed by atoms with Crippen LogP contribution >= 0.6 is 35.0 Å². The molecule has 2 aromatic carbocycles. The second kappa shape index (κ2) is 9.96. The van der Waals surface area contributed by atoms with Crippen LogP contribution in [0.4, 0.5) is 0 Å². The Bertz CT molecular complexity index is 1000. The van der Waals surface area contributed by atoms with Gasteiger partial charge in [0, 0.05) is 27.9 Å². The summed E-state index contributed by atoms with van der Waals surface area (Å²) in [4.78, 5) is 12.5. The minimum Gasteiger partial charge on any atom is -0.342 e. The van der Waals surface area contributed by atoms with Gasteiger partial charge in [-0.15, -0.1) is 16.8 Å². The van der Waals surface area contributed by atoms with Gasteiger partial charge in [-0.05, 0) is 42.8 Å². The number of nitrogens with one attached hydrogen (secondary N) is 1. The molecular formula is C21H20Cl2N4OS. The van der Waals surface area contributed by atoms with Crippen molar-refractivity contribution >= 4 is 40.9 Å². The topological polar surface area (TPSA) is 59.8 Å². The van der Waals surface area contributed by atoms with Crippen molar-refractivity contribution in [1.29, 1.82) is 0 Å². The summed E-state index contributed by atoms with van der Waals surface area (Å²) in [5.74, 6) is 1.13. The highest BCUT2D eigenvalue weighted by atomic mass is 35.5. The van der Waals surface area contributed by atoms with E-state index in [0.29, 0.717) is 28.7 Å². The number of halogens is 2. The molecule has 0 fully saturated rings. The molecule has 0 saturated carbocycles. The van der Waals surface area contributed by atoms with Gasteiger partial charge in [0.05, 0.1) is 6.04 Å². The van der Waals surface area contributed by atoms with Crippen LogP contribution in [0.15, 0.2) is 66.3 Å². The Hall–Kier alpha value is -2.28. The summed E-state index contributed by atoms with van der Waals surface area (Å²) < 4.78 is 1.95. The number of nitrogens with zero attached hydrogens (tertiary/aromatic N) is 3. The van der Waals surface area contributed by atoms with Crippen LogP contribution in [0.25, 0.3) is 0 Å². The van der Waals surface area contributed by atoms with Gasteiger partial charge in [0.15, 0.2) is 11.0 Å². The van der Waals surface area contributed by atoms with Crippen LogP contribution in [0.1, 0.15) is 34.7 Å². The van der Waals surface area contributed by atoms with E-state index in [2.05, 4.69) is 22.1 Å². The van der Waals surface area contributed by atoms with Crippen LogP contribution in [0.3, 0.4) is 0 Å². The Balaban J connectivity index is 1.74. The average molecular weight is 447 g/mol. The molecule has 8 heteroatoms. The van der Waals surface area contributed by atoms with E-state index in [-0.39, 0.29) is 11.9 Å². The number of allylic oxidation sites excluding steroid dienone is 1. The van der Waals surface area contributed by atoms with Gasteiger partial charge in [0.25, 0.3) is 5.91 Å². The van der Waals surface area contributed by atoms with E-state index in [9.17, 15) is 4.79 Å². The molecule has 0 bridgehead atoms. The molecule has 1 N–H and O–H groups in total. The number of thioether (sulfide) groups is 1. The second-order valence-electron chi connectivity index (χ2n) is 6.32. The molecule has 0 aliphatic carbocycles. The first-order valence-electron chi connectivity index (χ1n) is 8.96. The number of carbonyl (C=O) groups is 1. The summed E-state index contributed by atoms with van der Waals surface area (Å²) in [6.45, 7) is 6.23. The van der Waals surface area contributed by atoms with E-state index in [4.69, 9.17) is 23.2 Å². The number of rotatable bonds is 8. The summed E-state index contributed by atoms with van der Waals surface area (Å²) in [5, 5.41) is 13.6. The lowest BCUT2D eigenvalue weighted by molar-refractivity contribution is 0.0937. The molecule has 1 atom stereocenters. The zero-order chi connectivity index (χ0) is 20.8. The molecule has 1 aromatic heterocycles. The molecule has 1 heterocycles. The SMILES string of the molecule is C=CCn1c(SCc2ccccc2Cl)nnc1[C@H](C)NC(=O)c1ccc(Cl)cc1. The molecule has 29 heavy (non-hydrogen) atoms. The van der Waals surface area contributed by atoms with E-state index < -0.39 is 0 Å². The number of carbonyl (C=O) groups excluding carboxylic acids is 1. The van der Waals surface area contributed by atoms with Crippen molar-refractivity contribution in [2.75, 3.05) is 0 Å². The Morgan fingerprint density at radius 2 is 1.93 bits per heavy atom. The van der Waals surface area contributed by atoms with Crippen LogP contribution in [-0.2, 0) is 12.3 Å². The van der Waals surface area contributed by atoms with Gasteiger partial charge in [-0.2, -0.15) is 0 Å². The first-order chi connectivity index (χ1) is 14.0. The number of benzene rings is 2. The number of aromatic nitrogens is 3. The van der Waals surface area contributed by atoms with E-state index in [1.165, 1.54) is 11.8 Å². The van der Waals surface area contributed by atoms with Gasteiger partial charge in [-0.3, -0.25) is 4.79 Å². The van der Waals surface area contributed by atoms with Crippen LogP contribution in [0.5, 0.6) is 0 Å². The molecule has 0 radical (unpaired) electrons. The zero-order valence-electron chi connectivity index (χ0n) is 15.8. The molecule has 0 aliphatic heterocycles. The summed E-state index contributed by atoms with van der Waals surface area (Å²) in [6, 6.07) is 14.1. The monoisotopic (exact) mass is 446 g/mol. The molecule has 0 saturated heterocycles. The maximum atomic E-state index is 12.5. The van der Waals surface area contributed by atoms with Gasteiger partial charge in [0.2, 0.25) is 0 Å². The molecule has 150 valence electrons. The summed E-state index contributed by atoms with van der Waals surface area (Å²) in [5.41, 5.74) is 1.56. The largest absolute Gasteiger partial charge is 0.342 e. The van der Waals surface area contributed by atoms with Crippen LogP contribution in [0.2, 0.25) is 10.0 Å². The molecule has 3 rings (SSSR count). The predicted octanol–water partition coefficient (Wildman–Crippen LogP) is 5.55. The van der Waals surface area contributed by atoms with Gasteiger partial charge >= 0.3 is 0 Å².